The molecule has 0 saturated carbocycles. The summed E-state index contributed by atoms with van der Waals surface area (Å²) < 4.78 is 69.6. The molecule has 0 unspecified atom stereocenters. The number of hydrogen-bond donors (Lipinski definition) is 0. The van der Waals surface area contributed by atoms with E-state index in [4.69, 9.17) is 39.5 Å². The summed E-state index contributed by atoms with van der Waals surface area (Å²) in [7, 11) is 0. The van der Waals surface area contributed by atoms with Crippen LogP contribution in [0.2, 0.25) is 15.1 Å². The van der Waals surface area contributed by atoms with Gasteiger partial charge in [-0.15, -0.1) is 0 Å². The fourth-order valence-corrected chi connectivity index (χ4v) is 2.39. The molecule has 0 heterocycles. The highest BCUT2D eigenvalue weighted by Crippen LogP contribution is 2.36. The standard InChI is InChI=1S/C14H10Cl3F5O4/c15-7-4-8(16)12(9(17)5-7)26-11(24)3-1-2-10(23)25-6-13(18,19)14(20,21)22/h4-5H,1-3,6H2. The van der Waals surface area contributed by atoms with Gasteiger partial charge in [0.15, 0.2) is 12.4 Å². The molecule has 0 radical (unpaired) electrons. The summed E-state index contributed by atoms with van der Waals surface area (Å²) in [5.74, 6) is -7.48. The van der Waals surface area contributed by atoms with Crippen LogP contribution >= 0.6 is 34.8 Å². The fraction of sp³-hybridized carbons (Fsp3) is 0.429. The van der Waals surface area contributed by atoms with E-state index in [2.05, 4.69) is 4.74 Å². The average Bonchev–Trinajstić information content (AvgIpc) is 2.48. The number of esters is 2. The molecule has 0 spiro atoms. The molecule has 146 valence electrons. The van der Waals surface area contributed by atoms with E-state index < -0.39 is 37.1 Å². The molecular weight excluding hydrogens is 433 g/mol. The Balaban J connectivity index is 2.42. The molecule has 4 nitrogen and oxygen atoms in total. The van der Waals surface area contributed by atoms with Gasteiger partial charge in [0, 0.05) is 17.9 Å². The lowest BCUT2D eigenvalue weighted by atomic mass is 10.2. The van der Waals surface area contributed by atoms with Gasteiger partial charge in [0.2, 0.25) is 0 Å². The minimum atomic E-state index is -5.83. The first-order valence-electron chi connectivity index (χ1n) is 6.79. The van der Waals surface area contributed by atoms with Crippen molar-refractivity contribution in [3.8, 4) is 5.75 Å². The van der Waals surface area contributed by atoms with Crippen molar-refractivity contribution in [1.82, 2.24) is 0 Å². The lowest BCUT2D eigenvalue weighted by Gasteiger charge is -2.19. The molecule has 0 saturated heterocycles. The number of hydrogen-bond acceptors (Lipinski definition) is 4. The van der Waals surface area contributed by atoms with E-state index in [0.29, 0.717) is 0 Å². The molecule has 0 bridgehead atoms. The zero-order valence-electron chi connectivity index (χ0n) is 12.6. The predicted octanol–water partition coefficient (Wildman–Crippen LogP) is 5.46. The van der Waals surface area contributed by atoms with Gasteiger partial charge in [0.05, 0.1) is 10.0 Å². The van der Waals surface area contributed by atoms with Gasteiger partial charge in [-0.25, -0.2) is 0 Å². The number of rotatable bonds is 7. The number of alkyl halides is 5. The van der Waals surface area contributed by atoms with E-state index in [0.717, 1.165) is 0 Å². The van der Waals surface area contributed by atoms with Gasteiger partial charge in [0.25, 0.3) is 0 Å². The van der Waals surface area contributed by atoms with Gasteiger partial charge in [0.1, 0.15) is 0 Å². The highest BCUT2D eigenvalue weighted by atomic mass is 35.5. The summed E-state index contributed by atoms with van der Waals surface area (Å²) >= 11 is 17.3. The quantitative estimate of drug-likeness (QED) is 0.319. The molecule has 1 aromatic rings. The first-order chi connectivity index (χ1) is 11.8. The first kappa shape index (κ1) is 22.7. The van der Waals surface area contributed by atoms with Gasteiger partial charge in [-0.3, -0.25) is 9.59 Å². The van der Waals surface area contributed by atoms with E-state index in [1.54, 1.807) is 0 Å². The van der Waals surface area contributed by atoms with E-state index in [1.807, 2.05) is 0 Å². The lowest BCUT2D eigenvalue weighted by molar-refractivity contribution is -0.294. The Morgan fingerprint density at radius 2 is 1.42 bits per heavy atom. The molecular formula is C14H10Cl3F5O4. The SMILES string of the molecule is O=C(CCCC(=O)Oc1c(Cl)cc(Cl)cc1Cl)OCC(F)(F)C(F)(F)F. The van der Waals surface area contributed by atoms with E-state index in [-0.39, 0.29) is 33.7 Å². The molecule has 0 aliphatic carbocycles. The van der Waals surface area contributed by atoms with Crippen LogP contribution in [0.5, 0.6) is 5.75 Å². The van der Waals surface area contributed by atoms with Crippen LogP contribution in [-0.2, 0) is 14.3 Å². The molecule has 1 rings (SSSR count). The minimum Gasteiger partial charge on any atom is -0.459 e. The van der Waals surface area contributed by atoms with Gasteiger partial charge in [-0.2, -0.15) is 22.0 Å². The van der Waals surface area contributed by atoms with Crippen molar-refractivity contribution in [3.05, 3.63) is 27.2 Å². The smallest absolute Gasteiger partial charge is 0.456 e. The zero-order chi connectivity index (χ0) is 20.1. The van der Waals surface area contributed by atoms with Crippen molar-refractivity contribution in [3.63, 3.8) is 0 Å². The molecule has 12 heteroatoms. The summed E-state index contributed by atoms with van der Waals surface area (Å²) in [5.41, 5.74) is 0. The summed E-state index contributed by atoms with van der Waals surface area (Å²) in [6, 6.07) is 2.55. The third-order valence-corrected chi connectivity index (χ3v) is 3.55. The number of carbonyl (C=O) groups excluding carboxylic acids is 2. The van der Waals surface area contributed by atoms with Gasteiger partial charge in [-0.1, -0.05) is 34.8 Å². The summed E-state index contributed by atoms with van der Waals surface area (Å²) in [6.45, 7) is -2.13. The molecule has 0 aliphatic rings. The second-order valence-corrected chi connectivity index (χ2v) is 6.14. The molecule has 0 N–H and O–H groups in total. The van der Waals surface area contributed by atoms with Crippen molar-refractivity contribution in [2.24, 2.45) is 0 Å². The van der Waals surface area contributed by atoms with Crippen LogP contribution in [0.1, 0.15) is 19.3 Å². The molecule has 0 fully saturated rings. The maximum Gasteiger partial charge on any atom is 0.456 e. The van der Waals surface area contributed by atoms with Crippen molar-refractivity contribution in [2.45, 2.75) is 31.4 Å². The Hall–Kier alpha value is -1.32. The molecule has 0 aromatic heterocycles. The van der Waals surface area contributed by atoms with E-state index in [9.17, 15) is 31.5 Å². The lowest BCUT2D eigenvalue weighted by Crippen LogP contribution is -2.41. The third-order valence-electron chi connectivity index (χ3n) is 2.77. The van der Waals surface area contributed by atoms with Crippen LogP contribution < -0.4 is 4.74 Å². The van der Waals surface area contributed by atoms with Crippen LogP contribution in [0.4, 0.5) is 22.0 Å². The Morgan fingerprint density at radius 1 is 0.923 bits per heavy atom. The molecule has 1 aromatic carbocycles. The van der Waals surface area contributed by atoms with Crippen LogP contribution in [-0.4, -0.2) is 30.6 Å². The topological polar surface area (TPSA) is 52.6 Å². The van der Waals surface area contributed by atoms with Crippen molar-refractivity contribution < 1.29 is 41.0 Å². The summed E-state index contributed by atoms with van der Waals surface area (Å²) in [4.78, 5) is 22.8. The van der Waals surface area contributed by atoms with Crippen LogP contribution in [0.3, 0.4) is 0 Å². The summed E-state index contributed by atoms with van der Waals surface area (Å²) in [6.07, 6.45) is -6.96. The Bertz CT molecular complexity index is 656. The van der Waals surface area contributed by atoms with Crippen LogP contribution in [0, 0.1) is 0 Å². The molecule has 26 heavy (non-hydrogen) atoms. The number of ether oxygens (including phenoxy) is 2. The Morgan fingerprint density at radius 3 is 1.92 bits per heavy atom. The predicted molar refractivity (Wildman–Crippen MR) is 82.9 cm³/mol. The van der Waals surface area contributed by atoms with Crippen LogP contribution in [0.25, 0.3) is 0 Å². The zero-order valence-corrected chi connectivity index (χ0v) is 14.9. The van der Waals surface area contributed by atoms with Crippen molar-refractivity contribution >= 4 is 46.7 Å². The maximum absolute atomic E-state index is 12.6. The first-order valence-corrected chi connectivity index (χ1v) is 7.92. The van der Waals surface area contributed by atoms with E-state index in [1.165, 1.54) is 12.1 Å². The molecule has 0 atom stereocenters. The van der Waals surface area contributed by atoms with Crippen LogP contribution in [0.15, 0.2) is 12.1 Å². The number of halogens is 8. The monoisotopic (exact) mass is 442 g/mol. The number of carbonyl (C=O) groups is 2. The summed E-state index contributed by atoms with van der Waals surface area (Å²) in [5, 5.41) is 0.132. The van der Waals surface area contributed by atoms with Gasteiger partial charge in [-0.05, 0) is 18.6 Å². The minimum absolute atomic E-state index is 0.0374. The van der Waals surface area contributed by atoms with Crippen molar-refractivity contribution in [1.29, 1.82) is 0 Å². The Labute approximate surface area is 159 Å². The average molecular weight is 444 g/mol. The maximum atomic E-state index is 12.6. The third kappa shape index (κ3) is 6.77. The van der Waals surface area contributed by atoms with Gasteiger partial charge >= 0.3 is 24.0 Å². The van der Waals surface area contributed by atoms with Gasteiger partial charge < -0.3 is 9.47 Å². The van der Waals surface area contributed by atoms with E-state index >= 15 is 0 Å². The number of benzene rings is 1. The normalized spacial score (nSPS) is 12.0. The highest BCUT2D eigenvalue weighted by molar-refractivity contribution is 6.40. The Kier molecular flexibility index (Phi) is 7.91. The van der Waals surface area contributed by atoms with Crippen molar-refractivity contribution in [2.75, 3.05) is 6.61 Å². The highest BCUT2D eigenvalue weighted by Gasteiger charge is 2.58. The largest absolute Gasteiger partial charge is 0.459 e. The second-order valence-electron chi connectivity index (χ2n) is 4.89. The molecule has 0 amide bonds. The molecule has 0 aliphatic heterocycles. The fourth-order valence-electron chi connectivity index (χ4n) is 1.49. The second kappa shape index (κ2) is 9.05.